The second-order valence-corrected chi connectivity index (χ2v) is 3.08. The van der Waals surface area contributed by atoms with Crippen LogP contribution in [0.25, 0.3) is 0 Å². The van der Waals surface area contributed by atoms with Crippen LogP contribution in [0.15, 0.2) is 23.4 Å². The Bertz CT molecular complexity index is 419. The summed E-state index contributed by atoms with van der Waals surface area (Å²) >= 11 is 5.77. The van der Waals surface area contributed by atoms with Gasteiger partial charge in [0.05, 0.1) is 10.7 Å². The number of hydrogen-bond donors (Lipinski definition) is 4. The van der Waals surface area contributed by atoms with Gasteiger partial charge in [0.25, 0.3) is 0 Å². The molecule has 2 amide bonds. The van der Waals surface area contributed by atoms with Crippen molar-refractivity contribution in [2.75, 3.05) is 5.32 Å². The maximum Gasteiger partial charge on any atom is 0.316 e. The van der Waals surface area contributed by atoms with E-state index in [-0.39, 0.29) is 5.84 Å². The second-order valence-electron chi connectivity index (χ2n) is 2.67. The minimum Gasteiger partial charge on any atom is -0.409 e. The Morgan fingerprint density at radius 1 is 1.47 bits per heavy atom. The lowest BCUT2D eigenvalue weighted by Crippen LogP contribution is -2.20. The topological polar surface area (TPSA) is 114 Å². The van der Waals surface area contributed by atoms with Gasteiger partial charge in [-0.3, -0.25) is 0 Å². The van der Waals surface area contributed by atoms with Crippen LogP contribution in [-0.4, -0.2) is 17.1 Å². The van der Waals surface area contributed by atoms with E-state index in [4.69, 9.17) is 28.3 Å². The van der Waals surface area contributed by atoms with Crippen LogP contribution in [0, 0.1) is 0 Å². The molecule has 0 bridgehead atoms. The van der Waals surface area contributed by atoms with Gasteiger partial charge in [0.1, 0.15) is 0 Å². The molecule has 15 heavy (non-hydrogen) atoms. The van der Waals surface area contributed by atoms with Crippen LogP contribution in [0.3, 0.4) is 0 Å². The fourth-order valence-electron chi connectivity index (χ4n) is 0.971. The molecule has 1 aromatic rings. The number of oxime groups is 1. The summed E-state index contributed by atoms with van der Waals surface area (Å²) in [4.78, 5) is 10.6. The molecular formula is C8H9ClN4O2. The lowest BCUT2D eigenvalue weighted by molar-refractivity contribution is 0.259. The van der Waals surface area contributed by atoms with Gasteiger partial charge in [0, 0.05) is 5.56 Å². The molecule has 0 fully saturated rings. The summed E-state index contributed by atoms with van der Waals surface area (Å²) in [5.74, 6) is -0.0841. The Kier molecular flexibility index (Phi) is 3.35. The summed E-state index contributed by atoms with van der Waals surface area (Å²) in [6.45, 7) is 0. The monoisotopic (exact) mass is 228 g/mol. The summed E-state index contributed by atoms with van der Waals surface area (Å²) in [5, 5.41) is 13.9. The molecule has 0 unspecified atom stereocenters. The highest BCUT2D eigenvalue weighted by Crippen LogP contribution is 2.22. The Hall–Kier alpha value is -1.95. The number of primary amides is 1. The van der Waals surface area contributed by atoms with Gasteiger partial charge in [-0.2, -0.15) is 0 Å². The third-order valence-electron chi connectivity index (χ3n) is 1.63. The van der Waals surface area contributed by atoms with E-state index in [1.54, 1.807) is 6.07 Å². The van der Waals surface area contributed by atoms with Gasteiger partial charge in [-0.25, -0.2) is 4.79 Å². The third kappa shape index (κ3) is 2.75. The molecule has 0 spiro atoms. The molecule has 0 saturated carbocycles. The molecule has 0 heterocycles. The number of carbonyl (C=O) groups is 1. The standard InChI is InChI=1S/C8H9ClN4O2/c9-5-2-1-4(7(10)13-15)3-6(5)12-8(11)14/h1-3,15H,(H2,10,13)(H3,11,12,14). The predicted molar refractivity (Wildman–Crippen MR) is 57.2 cm³/mol. The van der Waals surface area contributed by atoms with Gasteiger partial charge < -0.3 is 22.0 Å². The maximum absolute atomic E-state index is 10.6. The number of hydrogen-bond acceptors (Lipinski definition) is 3. The number of amides is 2. The van der Waals surface area contributed by atoms with E-state index < -0.39 is 6.03 Å². The highest BCUT2D eigenvalue weighted by atomic mass is 35.5. The molecule has 6 nitrogen and oxygen atoms in total. The zero-order valence-corrected chi connectivity index (χ0v) is 8.32. The van der Waals surface area contributed by atoms with Gasteiger partial charge in [-0.15, -0.1) is 0 Å². The number of nitrogens with zero attached hydrogens (tertiary/aromatic N) is 1. The van der Waals surface area contributed by atoms with Crippen molar-refractivity contribution in [2.45, 2.75) is 0 Å². The van der Waals surface area contributed by atoms with E-state index in [0.29, 0.717) is 16.3 Å². The number of amidine groups is 1. The highest BCUT2D eigenvalue weighted by Gasteiger charge is 2.06. The second kappa shape index (κ2) is 4.52. The Labute approximate surface area is 90.5 Å². The first-order valence-electron chi connectivity index (χ1n) is 3.88. The van der Waals surface area contributed by atoms with Crippen LogP contribution in [-0.2, 0) is 0 Å². The van der Waals surface area contributed by atoms with Gasteiger partial charge in [-0.05, 0) is 18.2 Å². The van der Waals surface area contributed by atoms with Crippen LogP contribution in [0.1, 0.15) is 5.56 Å². The quantitative estimate of drug-likeness (QED) is 0.261. The van der Waals surface area contributed by atoms with Crippen molar-refractivity contribution in [2.24, 2.45) is 16.6 Å². The fraction of sp³-hybridized carbons (Fsp3) is 0. The molecule has 0 aromatic heterocycles. The molecule has 6 N–H and O–H groups in total. The molecule has 0 radical (unpaired) electrons. The molecule has 0 atom stereocenters. The molecule has 0 saturated heterocycles. The molecule has 80 valence electrons. The first-order chi connectivity index (χ1) is 7.04. The van der Waals surface area contributed by atoms with E-state index >= 15 is 0 Å². The fourth-order valence-corrected chi connectivity index (χ4v) is 1.14. The van der Waals surface area contributed by atoms with Crippen molar-refractivity contribution in [1.29, 1.82) is 0 Å². The van der Waals surface area contributed by atoms with E-state index in [1.165, 1.54) is 12.1 Å². The molecule has 7 heteroatoms. The number of urea groups is 1. The first-order valence-corrected chi connectivity index (χ1v) is 4.26. The Morgan fingerprint density at radius 3 is 2.67 bits per heavy atom. The lowest BCUT2D eigenvalue weighted by Gasteiger charge is -2.06. The maximum atomic E-state index is 10.6. The minimum atomic E-state index is -0.742. The van der Waals surface area contributed by atoms with Crippen molar-refractivity contribution in [3.05, 3.63) is 28.8 Å². The summed E-state index contributed by atoms with van der Waals surface area (Å²) < 4.78 is 0. The number of halogens is 1. The molecule has 1 rings (SSSR count). The average Bonchev–Trinajstić information content (AvgIpc) is 2.19. The van der Waals surface area contributed by atoms with E-state index in [1.807, 2.05) is 0 Å². The minimum absolute atomic E-state index is 0.0841. The number of rotatable bonds is 2. The largest absolute Gasteiger partial charge is 0.409 e. The van der Waals surface area contributed by atoms with Crippen molar-refractivity contribution in [3.63, 3.8) is 0 Å². The predicted octanol–water partition coefficient (Wildman–Crippen LogP) is 0.925. The van der Waals surface area contributed by atoms with Gasteiger partial charge in [0.15, 0.2) is 5.84 Å². The average molecular weight is 229 g/mol. The summed E-state index contributed by atoms with van der Waals surface area (Å²) in [5.41, 5.74) is 11.0. The number of nitrogens with two attached hydrogens (primary N) is 2. The number of benzene rings is 1. The lowest BCUT2D eigenvalue weighted by atomic mass is 10.2. The summed E-state index contributed by atoms with van der Waals surface area (Å²) in [7, 11) is 0. The first kappa shape index (κ1) is 11.1. The van der Waals surface area contributed by atoms with Crippen LogP contribution in [0.2, 0.25) is 5.02 Å². The molecule has 0 aliphatic heterocycles. The third-order valence-corrected chi connectivity index (χ3v) is 1.96. The summed E-state index contributed by atoms with van der Waals surface area (Å²) in [6, 6.07) is 3.75. The smallest absolute Gasteiger partial charge is 0.316 e. The Balaban J connectivity index is 3.10. The van der Waals surface area contributed by atoms with Crippen LogP contribution >= 0.6 is 11.6 Å². The van der Waals surface area contributed by atoms with E-state index in [0.717, 1.165) is 0 Å². The van der Waals surface area contributed by atoms with Crippen LogP contribution in [0.5, 0.6) is 0 Å². The SMILES string of the molecule is NC(=O)Nc1cc(C(N)=NO)ccc1Cl. The number of anilines is 1. The van der Waals surface area contributed by atoms with Crippen LogP contribution < -0.4 is 16.8 Å². The molecule has 1 aromatic carbocycles. The number of carbonyl (C=O) groups excluding carboxylic acids is 1. The molecule has 0 aliphatic carbocycles. The molecular weight excluding hydrogens is 220 g/mol. The van der Waals surface area contributed by atoms with Crippen molar-refractivity contribution in [1.82, 2.24) is 0 Å². The van der Waals surface area contributed by atoms with Crippen LogP contribution in [0.4, 0.5) is 10.5 Å². The van der Waals surface area contributed by atoms with E-state index in [9.17, 15) is 4.79 Å². The van der Waals surface area contributed by atoms with Gasteiger partial charge in [-0.1, -0.05) is 16.8 Å². The van der Waals surface area contributed by atoms with Gasteiger partial charge >= 0.3 is 6.03 Å². The molecule has 0 aliphatic rings. The number of nitrogens with one attached hydrogen (secondary N) is 1. The van der Waals surface area contributed by atoms with Crippen molar-refractivity contribution < 1.29 is 10.0 Å². The normalized spacial score (nSPS) is 11.1. The van der Waals surface area contributed by atoms with Gasteiger partial charge in [0.2, 0.25) is 0 Å². The zero-order valence-electron chi connectivity index (χ0n) is 7.57. The van der Waals surface area contributed by atoms with Crippen molar-refractivity contribution >= 4 is 29.2 Å². The zero-order chi connectivity index (χ0) is 11.4. The highest BCUT2D eigenvalue weighted by molar-refractivity contribution is 6.33. The van der Waals surface area contributed by atoms with E-state index in [2.05, 4.69) is 10.5 Å². The Morgan fingerprint density at radius 2 is 2.13 bits per heavy atom. The van der Waals surface area contributed by atoms with Crippen molar-refractivity contribution in [3.8, 4) is 0 Å². The summed E-state index contributed by atoms with van der Waals surface area (Å²) in [6.07, 6.45) is 0.